The Kier molecular flexibility index (Phi) is 5.29. The number of carbonyl (C=O) groups is 2. The van der Waals surface area contributed by atoms with Gasteiger partial charge in [0.25, 0.3) is 5.91 Å². The summed E-state index contributed by atoms with van der Waals surface area (Å²) in [6, 6.07) is 4.86. The molecule has 0 saturated heterocycles. The molecule has 0 aliphatic carbocycles. The van der Waals surface area contributed by atoms with E-state index < -0.39 is 17.5 Å². The van der Waals surface area contributed by atoms with Gasteiger partial charge in [0.05, 0.1) is 0 Å². The van der Waals surface area contributed by atoms with Crippen molar-refractivity contribution in [3.8, 4) is 0 Å². The highest BCUT2D eigenvalue weighted by atomic mass is 19.1. The SMILES string of the molecule is COCCCNC(=O)C(=O)c1ccc(F)cc1. The molecule has 1 rings (SSSR count). The summed E-state index contributed by atoms with van der Waals surface area (Å²) in [6.07, 6.45) is 0.638. The number of carbonyl (C=O) groups excluding carboxylic acids is 2. The molecule has 0 radical (unpaired) electrons. The molecule has 17 heavy (non-hydrogen) atoms. The van der Waals surface area contributed by atoms with Crippen LogP contribution in [-0.4, -0.2) is 32.0 Å². The Balaban J connectivity index is 2.46. The molecule has 0 aliphatic heterocycles. The number of benzene rings is 1. The third kappa shape index (κ3) is 4.32. The minimum atomic E-state index is -0.687. The number of ether oxygens (including phenoxy) is 1. The van der Waals surface area contributed by atoms with E-state index in [0.717, 1.165) is 12.1 Å². The first-order valence-electron chi connectivity index (χ1n) is 5.22. The number of Topliss-reactive ketones (excluding diaryl/α,β-unsaturated/α-hetero) is 1. The molecule has 0 atom stereocenters. The van der Waals surface area contributed by atoms with E-state index in [4.69, 9.17) is 4.74 Å². The molecule has 92 valence electrons. The Morgan fingerprint density at radius 3 is 2.53 bits per heavy atom. The molecule has 0 bridgehead atoms. The molecule has 0 saturated carbocycles. The third-order valence-electron chi connectivity index (χ3n) is 2.12. The number of amides is 1. The van der Waals surface area contributed by atoms with Gasteiger partial charge in [-0.1, -0.05) is 0 Å². The zero-order valence-corrected chi connectivity index (χ0v) is 9.53. The molecular formula is C12H14FNO3. The molecule has 0 aliphatic rings. The number of hydrogen-bond acceptors (Lipinski definition) is 3. The maximum Gasteiger partial charge on any atom is 0.292 e. The smallest absolute Gasteiger partial charge is 0.292 e. The summed E-state index contributed by atoms with van der Waals surface area (Å²) in [7, 11) is 1.56. The topological polar surface area (TPSA) is 55.4 Å². The predicted octanol–water partition coefficient (Wildman–Crippen LogP) is 1.16. The number of rotatable bonds is 6. The average molecular weight is 239 g/mol. The fourth-order valence-corrected chi connectivity index (χ4v) is 1.23. The summed E-state index contributed by atoms with van der Waals surface area (Å²) >= 11 is 0. The van der Waals surface area contributed by atoms with Crippen molar-refractivity contribution in [2.24, 2.45) is 0 Å². The minimum Gasteiger partial charge on any atom is -0.385 e. The second-order valence-corrected chi connectivity index (χ2v) is 3.44. The maximum atomic E-state index is 12.6. The lowest BCUT2D eigenvalue weighted by Crippen LogP contribution is -2.32. The molecule has 0 aromatic heterocycles. The second kappa shape index (κ2) is 6.75. The van der Waals surface area contributed by atoms with Gasteiger partial charge < -0.3 is 10.1 Å². The lowest BCUT2D eigenvalue weighted by molar-refractivity contribution is -0.117. The Bertz CT molecular complexity index is 389. The minimum absolute atomic E-state index is 0.177. The molecule has 4 nitrogen and oxygen atoms in total. The number of halogens is 1. The zero-order valence-electron chi connectivity index (χ0n) is 9.53. The van der Waals surface area contributed by atoms with Crippen molar-refractivity contribution in [3.63, 3.8) is 0 Å². The Morgan fingerprint density at radius 2 is 1.94 bits per heavy atom. The molecule has 0 spiro atoms. The van der Waals surface area contributed by atoms with Crippen LogP contribution in [0.3, 0.4) is 0 Å². The second-order valence-electron chi connectivity index (χ2n) is 3.44. The number of ketones is 1. The van der Waals surface area contributed by atoms with Gasteiger partial charge in [0.1, 0.15) is 5.82 Å². The van der Waals surface area contributed by atoms with Gasteiger partial charge in [-0.2, -0.15) is 0 Å². The normalized spacial score (nSPS) is 10.0. The summed E-state index contributed by atoms with van der Waals surface area (Å²) in [4.78, 5) is 23.0. The summed E-state index contributed by atoms with van der Waals surface area (Å²) in [5, 5.41) is 2.47. The third-order valence-corrected chi connectivity index (χ3v) is 2.12. The lowest BCUT2D eigenvalue weighted by Gasteiger charge is -2.03. The average Bonchev–Trinajstić information content (AvgIpc) is 2.34. The van der Waals surface area contributed by atoms with E-state index in [2.05, 4.69) is 5.32 Å². The summed E-state index contributed by atoms with van der Waals surface area (Å²) in [6.45, 7) is 0.893. The Labute approximate surface area is 98.8 Å². The highest BCUT2D eigenvalue weighted by Gasteiger charge is 2.15. The maximum absolute atomic E-state index is 12.6. The summed E-state index contributed by atoms with van der Waals surface area (Å²) in [5.41, 5.74) is 0.177. The number of methoxy groups -OCH3 is 1. The van der Waals surface area contributed by atoms with Crippen LogP contribution in [0, 0.1) is 5.82 Å². The van der Waals surface area contributed by atoms with E-state index in [-0.39, 0.29) is 5.56 Å². The van der Waals surface area contributed by atoms with Crippen molar-refractivity contribution in [1.29, 1.82) is 0 Å². The predicted molar refractivity (Wildman–Crippen MR) is 60.2 cm³/mol. The van der Waals surface area contributed by atoms with Crippen molar-refractivity contribution in [2.75, 3.05) is 20.3 Å². The van der Waals surface area contributed by atoms with Gasteiger partial charge >= 0.3 is 0 Å². The summed E-state index contributed by atoms with van der Waals surface area (Å²) in [5.74, 6) is -1.79. The molecule has 1 aromatic rings. The van der Waals surface area contributed by atoms with Crippen molar-refractivity contribution < 1.29 is 18.7 Å². The van der Waals surface area contributed by atoms with Crippen LogP contribution in [0.4, 0.5) is 4.39 Å². The van der Waals surface area contributed by atoms with Crippen LogP contribution in [0.15, 0.2) is 24.3 Å². The molecule has 0 heterocycles. The lowest BCUT2D eigenvalue weighted by atomic mass is 10.1. The first-order chi connectivity index (χ1) is 8.15. The van der Waals surface area contributed by atoms with Crippen molar-refractivity contribution in [2.45, 2.75) is 6.42 Å². The van der Waals surface area contributed by atoms with Gasteiger partial charge in [-0.25, -0.2) is 4.39 Å². The van der Waals surface area contributed by atoms with Gasteiger partial charge in [0, 0.05) is 25.8 Å². The monoisotopic (exact) mass is 239 g/mol. The van der Waals surface area contributed by atoms with E-state index >= 15 is 0 Å². The number of hydrogen-bond donors (Lipinski definition) is 1. The molecular weight excluding hydrogens is 225 g/mol. The molecule has 1 amide bonds. The van der Waals surface area contributed by atoms with E-state index in [1.165, 1.54) is 12.1 Å². The van der Waals surface area contributed by atoms with Crippen LogP contribution in [0.1, 0.15) is 16.8 Å². The standard InChI is InChI=1S/C12H14FNO3/c1-17-8-2-7-14-12(16)11(15)9-3-5-10(13)6-4-9/h3-6H,2,7-8H2,1H3,(H,14,16). The van der Waals surface area contributed by atoms with Crippen LogP contribution < -0.4 is 5.32 Å². The van der Waals surface area contributed by atoms with Gasteiger partial charge in [-0.15, -0.1) is 0 Å². The van der Waals surface area contributed by atoms with Gasteiger partial charge in [-0.05, 0) is 30.7 Å². The van der Waals surface area contributed by atoms with Gasteiger partial charge in [0.2, 0.25) is 5.78 Å². The van der Waals surface area contributed by atoms with Crippen LogP contribution >= 0.6 is 0 Å². The van der Waals surface area contributed by atoms with Gasteiger partial charge in [-0.3, -0.25) is 9.59 Å². The molecule has 1 N–H and O–H groups in total. The van der Waals surface area contributed by atoms with Crippen LogP contribution in [0.5, 0.6) is 0 Å². The first kappa shape index (κ1) is 13.3. The zero-order chi connectivity index (χ0) is 12.7. The molecule has 0 unspecified atom stereocenters. The Hall–Kier alpha value is -1.75. The van der Waals surface area contributed by atoms with Crippen molar-refractivity contribution in [1.82, 2.24) is 5.32 Å². The van der Waals surface area contributed by atoms with E-state index in [1.807, 2.05) is 0 Å². The van der Waals surface area contributed by atoms with Gasteiger partial charge in [0.15, 0.2) is 0 Å². The largest absolute Gasteiger partial charge is 0.385 e. The van der Waals surface area contributed by atoms with Crippen LogP contribution in [0.2, 0.25) is 0 Å². The highest BCUT2D eigenvalue weighted by Crippen LogP contribution is 2.03. The van der Waals surface area contributed by atoms with E-state index in [1.54, 1.807) is 7.11 Å². The van der Waals surface area contributed by atoms with E-state index in [0.29, 0.717) is 19.6 Å². The van der Waals surface area contributed by atoms with Crippen LogP contribution in [0.25, 0.3) is 0 Å². The summed E-state index contributed by atoms with van der Waals surface area (Å²) < 4.78 is 17.4. The van der Waals surface area contributed by atoms with Crippen molar-refractivity contribution >= 4 is 11.7 Å². The van der Waals surface area contributed by atoms with Crippen LogP contribution in [-0.2, 0) is 9.53 Å². The quantitative estimate of drug-likeness (QED) is 0.460. The molecule has 1 aromatic carbocycles. The number of nitrogens with one attached hydrogen (secondary N) is 1. The Morgan fingerprint density at radius 1 is 1.29 bits per heavy atom. The fourth-order valence-electron chi connectivity index (χ4n) is 1.23. The highest BCUT2D eigenvalue weighted by molar-refractivity contribution is 6.42. The molecule has 0 fully saturated rings. The fraction of sp³-hybridized carbons (Fsp3) is 0.333. The van der Waals surface area contributed by atoms with E-state index in [9.17, 15) is 14.0 Å². The van der Waals surface area contributed by atoms with Crippen molar-refractivity contribution in [3.05, 3.63) is 35.6 Å². The molecule has 5 heteroatoms. The first-order valence-corrected chi connectivity index (χ1v) is 5.22.